The van der Waals surface area contributed by atoms with Gasteiger partial charge in [-0.1, -0.05) is 43.3 Å². The Hall–Kier alpha value is -1.84. The molecule has 0 aliphatic carbocycles. The van der Waals surface area contributed by atoms with Crippen LogP contribution in [0.1, 0.15) is 23.6 Å². The van der Waals surface area contributed by atoms with Gasteiger partial charge in [-0.05, 0) is 49.3 Å². The molecule has 3 heteroatoms. The molecule has 0 bridgehead atoms. The monoisotopic (exact) mass is 326 g/mol. The quantitative estimate of drug-likeness (QED) is 0.697. The van der Waals surface area contributed by atoms with Crippen molar-refractivity contribution in [3.63, 3.8) is 0 Å². The van der Waals surface area contributed by atoms with Crippen molar-refractivity contribution in [1.29, 1.82) is 0 Å². The van der Waals surface area contributed by atoms with E-state index in [4.69, 9.17) is 4.74 Å². The number of benzene rings is 2. The van der Waals surface area contributed by atoms with Crippen LogP contribution in [-0.4, -0.2) is 44.1 Å². The summed E-state index contributed by atoms with van der Waals surface area (Å²) in [5, 5.41) is 0. The fourth-order valence-corrected chi connectivity index (χ4v) is 2.79. The van der Waals surface area contributed by atoms with E-state index in [-0.39, 0.29) is 0 Å². The lowest BCUT2D eigenvalue weighted by Crippen LogP contribution is -2.31. The van der Waals surface area contributed by atoms with Crippen LogP contribution in [0.25, 0.3) is 0 Å². The molecule has 0 radical (unpaired) electrons. The van der Waals surface area contributed by atoms with Crippen molar-refractivity contribution in [2.75, 3.05) is 34.3 Å². The first-order chi connectivity index (χ1) is 11.6. The molecule has 2 aromatic carbocycles. The van der Waals surface area contributed by atoms with Gasteiger partial charge in [0.1, 0.15) is 5.75 Å². The highest BCUT2D eigenvalue weighted by molar-refractivity contribution is 5.28. The zero-order valence-corrected chi connectivity index (χ0v) is 15.5. The van der Waals surface area contributed by atoms with Crippen LogP contribution in [0.15, 0.2) is 48.5 Å². The molecule has 0 saturated heterocycles. The highest BCUT2D eigenvalue weighted by atomic mass is 16.5. The molecular weight excluding hydrogens is 296 g/mol. The largest absolute Gasteiger partial charge is 0.497 e. The Bertz CT molecular complexity index is 575. The molecule has 0 amide bonds. The summed E-state index contributed by atoms with van der Waals surface area (Å²) in [5.74, 6) is 0.924. The van der Waals surface area contributed by atoms with Gasteiger partial charge < -0.3 is 9.64 Å². The fraction of sp³-hybridized carbons (Fsp3) is 0.429. The zero-order chi connectivity index (χ0) is 17.4. The van der Waals surface area contributed by atoms with Crippen molar-refractivity contribution in [1.82, 2.24) is 9.80 Å². The Morgan fingerprint density at radius 2 is 1.46 bits per heavy atom. The first-order valence-corrected chi connectivity index (χ1v) is 8.68. The lowest BCUT2D eigenvalue weighted by atomic mass is 10.1. The number of hydrogen-bond donors (Lipinski definition) is 0. The zero-order valence-electron chi connectivity index (χ0n) is 15.5. The summed E-state index contributed by atoms with van der Waals surface area (Å²) < 4.78 is 5.36. The number of likely N-dealkylation sites (N-methyl/N-ethyl adjacent to an activating group) is 1. The van der Waals surface area contributed by atoms with Gasteiger partial charge in [-0.15, -0.1) is 0 Å². The van der Waals surface area contributed by atoms with Crippen LogP contribution in [-0.2, 0) is 19.5 Å². The summed E-state index contributed by atoms with van der Waals surface area (Å²) in [5.41, 5.74) is 4.08. The van der Waals surface area contributed by atoms with E-state index < -0.39 is 0 Å². The summed E-state index contributed by atoms with van der Waals surface area (Å²) in [4.78, 5) is 4.74. The second-order valence-electron chi connectivity index (χ2n) is 6.54. The lowest BCUT2D eigenvalue weighted by Gasteiger charge is -2.24. The second kappa shape index (κ2) is 9.45. The first kappa shape index (κ1) is 18.5. The van der Waals surface area contributed by atoms with E-state index in [1.807, 2.05) is 6.07 Å². The third kappa shape index (κ3) is 5.99. The number of aryl methyl sites for hydroxylation is 1. The predicted molar refractivity (Wildman–Crippen MR) is 101 cm³/mol. The average molecular weight is 326 g/mol. The van der Waals surface area contributed by atoms with E-state index in [2.05, 4.69) is 73.3 Å². The Kier molecular flexibility index (Phi) is 7.29. The second-order valence-corrected chi connectivity index (χ2v) is 6.54. The average Bonchev–Trinajstić information content (AvgIpc) is 2.60. The lowest BCUT2D eigenvalue weighted by molar-refractivity contribution is 0.226. The van der Waals surface area contributed by atoms with Crippen molar-refractivity contribution in [2.24, 2.45) is 0 Å². The molecule has 2 rings (SSSR count). The van der Waals surface area contributed by atoms with Crippen molar-refractivity contribution in [3.8, 4) is 5.75 Å². The number of rotatable bonds is 9. The molecule has 130 valence electrons. The molecule has 0 aromatic heterocycles. The summed E-state index contributed by atoms with van der Waals surface area (Å²) in [7, 11) is 5.97. The maximum atomic E-state index is 5.36. The van der Waals surface area contributed by atoms with Gasteiger partial charge in [-0.3, -0.25) is 4.90 Å². The van der Waals surface area contributed by atoms with Gasteiger partial charge in [0, 0.05) is 26.2 Å². The number of methoxy groups -OCH3 is 1. The molecule has 2 aromatic rings. The van der Waals surface area contributed by atoms with Crippen molar-refractivity contribution in [2.45, 2.75) is 26.4 Å². The minimum Gasteiger partial charge on any atom is -0.497 e. The van der Waals surface area contributed by atoms with Gasteiger partial charge in [-0.25, -0.2) is 0 Å². The maximum absolute atomic E-state index is 5.36. The molecule has 3 nitrogen and oxygen atoms in total. The van der Waals surface area contributed by atoms with Gasteiger partial charge >= 0.3 is 0 Å². The van der Waals surface area contributed by atoms with Gasteiger partial charge in [0.15, 0.2) is 0 Å². The molecule has 0 saturated carbocycles. The normalized spacial score (nSPS) is 11.2. The van der Waals surface area contributed by atoms with E-state index in [0.29, 0.717) is 0 Å². The van der Waals surface area contributed by atoms with E-state index in [9.17, 15) is 0 Å². The molecule has 24 heavy (non-hydrogen) atoms. The van der Waals surface area contributed by atoms with Gasteiger partial charge in [0.2, 0.25) is 0 Å². The number of hydrogen-bond acceptors (Lipinski definition) is 3. The molecule has 0 aliphatic rings. The Morgan fingerprint density at radius 1 is 0.833 bits per heavy atom. The molecule has 0 spiro atoms. The van der Waals surface area contributed by atoms with E-state index in [0.717, 1.165) is 38.3 Å². The smallest absolute Gasteiger partial charge is 0.119 e. The van der Waals surface area contributed by atoms with Crippen molar-refractivity contribution >= 4 is 0 Å². The van der Waals surface area contributed by atoms with Crippen LogP contribution < -0.4 is 4.74 Å². The molecule has 0 heterocycles. The van der Waals surface area contributed by atoms with Crippen LogP contribution in [0.5, 0.6) is 5.75 Å². The third-order valence-electron chi connectivity index (χ3n) is 4.21. The van der Waals surface area contributed by atoms with E-state index >= 15 is 0 Å². The number of nitrogens with zero attached hydrogens (tertiary/aromatic N) is 2. The van der Waals surface area contributed by atoms with Crippen molar-refractivity contribution in [3.05, 3.63) is 65.2 Å². The molecular formula is C21H30N2O. The van der Waals surface area contributed by atoms with Crippen LogP contribution in [0.3, 0.4) is 0 Å². The standard InChI is InChI=1S/C21H30N2O/c1-5-18-8-6-9-19(14-18)16-23(13-12-22(2)3)17-20-10-7-11-21(15-20)24-4/h6-11,14-15H,5,12-13,16-17H2,1-4H3. The van der Waals surface area contributed by atoms with Crippen LogP contribution >= 0.6 is 0 Å². The van der Waals surface area contributed by atoms with Crippen molar-refractivity contribution < 1.29 is 4.74 Å². The van der Waals surface area contributed by atoms with Gasteiger partial charge in [-0.2, -0.15) is 0 Å². The molecule has 0 atom stereocenters. The fourth-order valence-electron chi connectivity index (χ4n) is 2.79. The van der Waals surface area contributed by atoms with Gasteiger partial charge in [0.25, 0.3) is 0 Å². The highest BCUT2D eigenvalue weighted by Crippen LogP contribution is 2.16. The third-order valence-corrected chi connectivity index (χ3v) is 4.21. The summed E-state index contributed by atoms with van der Waals surface area (Å²) in [6.07, 6.45) is 1.08. The SMILES string of the molecule is CCc1cccc(CN(CCN(C)C)Cc2cccc(OC)c2)c1. The summed E-state index contributed by atoms with van der Waals surface area (Å²) in [6, 6.07) is 17.3. The number of ether oxygens (including phenoxy) is 1. The molecule has 0 N–H and O–H groups in total. The summed E-state index contributed by atoms with van der Waals surface area (Å²) >= 11 is 0. The minimum absolute atomic E-state index is 0.924. The van der Waals surface area contributed by atoms with Crippen LogP contribution in [0.4, 0.5) is 0 Å². The van der Waals surface area contributed by atoms with Gasteiger partial charge in [0.05, 0.1) is 7.11 Å². The molecule has 0 unspecified atom stereocenters. The minimum atomic E-state index is 0.924. The predicted octanol–water partition coefficient (Wildman–Crippen LogP) is 3.82. The first-order valence-electron chi connectivity index (χ1n) is 8.68. The topological polar surface area (TPSA) is 15.7 Å². The Labute approximate surface area is 146 Å². The highest BCUT2D eigenvalue weighted by Gasteiger charge is 2.09. The van der Waals surface area contributed by atoms with Crippen LogP contribution in [0, 0.1) is 0 Å². The van der Waals surface area contributed by atoms with E-state index in [1.54, 1.807) is 7.11 Å². The maximum Gasteiger partial charge on any atom is 0.119 e. The summed E-state index contributed by atoms with van der Waals surface area (Å²) in [6.45, 7) is 6.21. The van der Waals surface area contributed by atoms with Crippen LogP contribution in [0.2, 0.25) is 0 Å². The Balaban J connectivity index is 2.10. The Morgan fingerprint density at radius 3 is 2.08 bits per heavy atom. The molecule has 0 fully saturated rings. The van der Waals surface area contributed by atoms with E-state index in [1.165, 1.54) is 16.7 Å². The molecule has 0 aliphatic heterocycles.